The minimum atomic E-state index is 0.279. The van der Waals surface area contributed by atoms with Crippen LogP contribution in [0, 0.1) is 11.8 Å². The Morgan fingerprint density at radius 3 is 2.12 bits per heavy atom. The maximum absolute atomic E-state index is 9.00. The maximum Gasteiger partial charge on any atom is 0.0445 e. The van der Waals surface area contributed by atoms with Crippen LogP contribution in [0.4, 0.5) is 0 Å². The average molecular weight is 247 g/mol. The van der Waals surface area contributed by atoms with Crippen molar-refractivity contribution in [2.75, 3.05) is 18.1 Å². The summed E-state index contributed by atoms with van der Waals surface area (Å²) in [4.78, 5) is 0. The summed E-state index contributed by atoms with van der Waals surface area (Å²) in [6.45, 7) is 11.5. The molecule has 0 aliphatic rings. The van der Waals surface area contributed by atoms with Gasteiger partial charge in [0.2, 0.25) is 0 Å². The number of aliphatic hydroxyl groups excluding tert-OH is 1. The van der Waals surface area contributed by atoms with Crippen LogP contribution in [0.3, 0.4) is 0 Å². The maximum atomic E-state index is 9.00. The van der Waals surface area contributed by atoms with E-state index in [1.54, 1.807) is 0 Å². The van der Waals surface area contributed by atoms with Crippen molar-refractivity contribution in [1.29, 1.82) is 0 Å². The van der Waals surface area contributed by atoms with E-state index in [1.807, 2.05) is 11.8 Å². The van der Waals surface area contributed by atoms with E-state index in [0.29, 0.717) is 18.0 Å². The first-order chi connectivity index (χ1) is 7.47. The number of thioether (sulfide) groups is 1. The lowest BCUT2D eigenvalue weighted by atomic mass is 10.0. The lowest BCUT2D eigenvalue weighted by Crippen LogP contribution is -2.41. The molecule has 3 heteroatoms. The number of hydrogen-bond donors (Lipinski definition) is 2. The van der Waals surface area contributed by atoms with Gasteiger partial charge >= 0.3 is 0 Å². The fourth-order valence-corrected chi connectivity index (χ4v) is 2.70. The largest absolute Gasteiger partial charge is 0.396 e. The predicted molar refractivity (Wildman–Crippen MR) is 75.1 cm³/mol. The van der Waals surface area contributed by atoms with Gasteiger partial charge in [0.15, 0.2) is 0 Å². The van der Waals surface area contributed by atoms with Gasteiger partial charge in [-0.25, -0.2) is 0 Å². The van der Waals surface area contributed by atoms with Gasteiger partial charge in [-0.05, 0) is 30.9 Å². The zero-order valence-corrected chi connectivity index (χ0v) is 12.3. The summed E-state index contributed by atoms with van der Waals surface area (Å²) in [5, 5.41) is 12.6. The third kappa shape index (κ3) is 8.43. The Labute approximate surface area is 106 Å². The van der Waals surface area contributed by atoms with Gasteiger partial charge in [0, 0.05) is 24.4 Å². The molecule has 2 atom stereocenters. The third-order valence-corrected chi connectivity index (χ3v) is 4.20. The molecule has 16 heavy (non-hydrogen) atoms. The van der Waals surface area contributed by atoms with Gasteiger partial charge in [-0.1, -0.05) is 27.7 Å². The highest BCUT2D eigenvalue weighted by atomic mass is 32.2. The highest BCUT2D eigenvalue weighted by molar-refractivity contribution is 7.99. The van der Waals surface area contributed by atoms with E-state index >= 15 is 0 Å². The second-order valence-electron chi connectivity index (χ2n) is 5.36. The minimum absolute atomic E-state index is 0.279. The number of aliphatic hydroxyl groups is 1. The fourth-order valence-electron chi connectivity index (χ4n) is 1.64. The van der Waals surface area contributed by atoms with Gasteiger partial charge < -0.3 is 10.4 Å². The zero-order valence-electron chi connectivity index (χ0n) is 11.5. The van der Waals surface area contributed by atoms with Crippen molar-refractivity contribution >= 4 is 11.8 Å². The van der Waals surface area contributed by atoms with Crippen LogP contribution < -0.4 is 5.32 Å². The molecule has 0 amide bonds. The molecule has 0 bridgehead atoms. The summed E-state index contributed by atoms with van der Waals surface area (Å²) < 4.78 is 0. The van der Waals surface area contributed by atoms with Crippen molar-refractivity contribution in [2.24, 2.45) is 11.8 Å². The fraction of sp³-hybridized carbons (Fsp3) is 1.00. The van der Waals surface area contributed by atoms with Crippen molar-refractivity contribution in [3.63, 3.8) is 0 Å². The van der Waals surface area contributed by atoms with E-state index in [-0.39, 0.29) is 6.61 Å². The molecule has 0 aliphatic carbocycles. The summed E-state index contributed by atoms with van der Waals surface area (Å²) in [6, 6.07) is 0.974. The van der Waals surface area contributed by atoms with Gasteiger partial charge in [0.1, 0.15) is 0 Å². The van der Waals surface area contributed by atoms with Crippen LogP contribution in [0.2, 0.25) is 0 Å². The molecular weight excluding hydrogens is 218 g/mol. The average Bonchev–Trinajstić information content (AvgIpc) is 2.16. The van der Waals surface area contributed by atoms with Gasteiger partial charge in [0.05, 0.1) is 0 Å². The predicted octanol–water partition coefficient (Wildman–Crippen LogP) is 2.76. The number of rotatable bonds is 9. The molecule has 2 N–H and O–H groups in total. The van der Waals surface area contributed by atoms with Gasteiger partial charge in [-0.15, -0.1) is 0 Å². The Morgan fingerprint density at radius 2 is 1.69 bits per heavy atom. The molecule has 0 rings (SSSR count). The molecule has 0 heterocycles. The Morgan fingerprint density at radius 1 is 1.06 bits per heavy atom. The van der Waals surface area contributed by atoms with Crippen LogP contribution in [-0.4, -0.2) is 35.3 Å². The molecule has 0 aromatic heterocycles. The smallest absolute Gasteiger partial charge is 0.0445 e. The van der Waals surface area contributed by atoms with Crippen molar-refractivity contribution in [2.45, 2.75) is 53.1 Å². The van der Waals surface area contributed by atoms with E-state index in [0.717, 1.165) is 18.1 Å². The summed E-state index contributed by atoms with van der Waals surface area (Å²) in [5.41, 5.74) is 0. The molecule has 2 unspecified atom stereocenters. The molecule has 0 aliphatic heterocycles. The van der Waals surface area contributed by atoms with Crippen LogP contribution in [0.5, 0.6) is 0 Å². The molecule has 0 saturated carbocycles. The number of nitrogens with one attached hydrogen (secondary N) is 1. The molecular formula is C13H29NOS. The Bertz CT molecular complexity index is 162. The Hall–Kier alpha value is 0.270. The van der Waals surface area contributed by atoms with Crippen molar-refractivity contribution in [3.8, 4) is 0 Å². The van der Waals surface area contributed by atoms with Crippen molar-refractivity contribution in [1.82, 2.24) is 5.32 Å². The van der Waals surface area contributed by atoms with Gasteiger partial charge in [-0.2, -0.15) is 11.8 Å². The van der Waals surface area contributed by atoms with Crippen molar-refractivity contribution in [3.05, 3.63) is 0 Å². The highest BCUT2D eigenvalue weighted by Crippen LogP contribution is 2.11. The normalized spacial score (nSPS) is 15.8. The summed E-state index contributed by atoms with van der Waals surface area (Å²) >= 11 is 2.02. The molecule has 0 fully saturated rings. The lowest BCUT2D eigenvalue weighted by molar-refractivity contribution is 0.239. The van der Waals surface area contributed by atoms with Crippen LogP contribution in [0.25, 0.3) is 0 Å². The second-order valence-corrected chi connectivity index (χ2v) is 6.44. The quantitative estimate of drug-likeness (QED) is 0.657. The second kappa shape index (κ2) is 9.32. The van der Waals surface area contributed by atoms with E-state index in [2.05, 4.69) is 39.9 Å². The molecule has 0 radical (unpaired) electrons. The molecule has 0 aromatic carbocycles. The zero-order chi connectivity index (χ0) is 12.6. The van der Waals surface area contributed by atoms with Crippen LogP contribution in [0.1, 0.15) is 41.0 Å². The van der Waals surface area contributed by atoms with Crippen LogP contribution in [-0.2, 0) is 0 Å². The minimum Gasteiger partial charge on any atom is -0.396 e. The van der Waals surface area contributed by atoms with Gasteiger partial charge in [0.25, 0.3) is 0 Å². The lowest BCUT2D eigenvalue weighted by Gasteiger charge is -2.26. The first-order valence-electron chi connectivity index (χ1n) is 6.42. The van der Waals surface area contributed by atoms with Crippen LogP contribution >= 0.6 is 11.8 Å². The van der Waals surface area contributed by atoms with E-state index in [9.17, 15) is 0 Å². The molecule has 98 valence electrons. The van der Waals surface area contributed by atoms with E-state index in [4.69, 9.17) is 5.11 Å². The third-order valence-electron chi connectivity index (χ3n) is 2.56. The summed E-state index contributed by atoms with van der Waals surface area (Å²) in [7, 11) is 0. The first kappa shape index (κ1) is 16.3. The molecule has 2 nitrogen and oxygen atoms in total. The van der Waals surface area contributed by atoms with Crippen LogP contribution in [0.15, 0.2) is 0 Å². The number of hydrogen-bond acceptors (Lipinski definition) is 3. The van der Waals surface area contributed by atoms with E-state index < -0.39 is 0 Å². The van der Waals surface area contributed by atoms with Crippen molar-refractivity contribution < 1.29 is 5.11 Å². The SMILES string of the molecule is CC(C)CSCC(C)NC(CCO)C(C)C. The molecule has 0 saturated heterocycles. The Balaban J connectivity index is 3.76. The van der Waals surface area contributed by atoms with E-state index in [1.165, 1.54) is 5.75 Å². The highest BCUT2D eigenvalue weighted by Gasteiger charge is 2.15. The first-order valence-corrected chi connectivity index (χ1v) is 7.57. The monoisotopic (exact) mass is 247 g/mol. The van der Waals surface area contributed by atoms with Gasteiger partial charge in [-0.3, -0.25) is 0 Å². The topological polar surface area (TPSA) is 32.3 Å². The molecule has 0 spiro atoms. The summed E-state index contributed by atoms with van der Waals surface area (Å²) in [6.07, 6.45) is 0.858. The summed E-state index contributed by atoms with van der Waals surface area (Å²) in [5.74, 6) is 3.76. The standard InChI is InChI=1S/C13H29NOS/c1-10(2)8-16-9-12(5)14-13(6-7-15)11(3)4/h10-15H,6-9H2,1-5H3. The molecule has 0 aromatic rings. The Kier molecular flexibility index (Phi) is 9.47.